The van der Waals surface area contributed by atoms with E-state index in [-0.39, 0.29) is 6.04 Å². The van der Waals surface area contributed by atoms with Gasteiger partial charge in [0.1, 0.15) is 5.01 Å². The molecule has 3 nitrogen and oxygen atoms in total. The van der Waals surface area contributed by atoms with Gasteiger partial charge in [-0.15, -0.1) is 11.3 Å². The van der Waals surface area contributed by atoms with E-state index in [2.05, 4.69) is 9.97 Å². The minimum Gasteiger partial charge on any atom is -0.323 e. The lowest BCUT2D eigenvalue weighted by molar-refractivity contribution is 0.825. The second-order valence-electron chi connectivity index (χ2n) is 3.62. The van der Waals surface area contributed by atoms with Gasteiger partial charge in [-0.3, -0.25) is 4.98 Å². The molecule has 5 heteroatoms. The SMILES string of the molecule is Cc1nc(-c2ccc(Cl)cn2)sc1C(C)N. The summed E-state index contributed by atoms with van der Waals surface area (Å²) >= 11 is 7.37. The number of halogens is 1. The van der Waals surface area contributed by atoms with Gasteiger partial charge >= 0.3 is 0 Å². The maximum absolute atomic E-state index is 5.86. The average Bonchev–Trinajstić information content (AvgIpc) is 2.61. The van der Waals surface area contributed by atoms with E-state index in [1.807, 2.05) is 26.0 Å². The lowest BCUT2D eigenvalue weighted by Gasteiger charge is -1.99. The highest BCUT2D eigenvalue weighted by molar-refractivity contribution is 7.15. The first-order chi connectivity index (χ1) is 7.58. The normalized spacial score (nSPS) is 12.8. The number of hydrogen-bond acceptors (Lipinski definition) is 4. The van der Waals surface area contributed by atoms with E-state index in [1.165, 1.54) is 0 Å². The molecule has 16 heavy (non-hydrogen) atoms. The number of aryl methyl sites for hydroxylation is 1. The molecule has 0 fully saturated rings. The molecule has 0 saturated carbocycles. The topological polar surface area (TPSA) is 51.8 Å². The highest BCUT2D eigenvalue weighted by atomic mass is 35.5. The van der Waals surface area contributed by atoms with Crippen molar-refractivity contribution in [2.75, 3.05) is 0 Å². The zero-order chi connectivity index (χ0) is 11.7. The van der Waals surface area contributed by atoms with E-state index in [4.69, 9.17) is 17.3 Å². The molecule has 1 unspecified atom stereocenters. The lowest BCUT2D eigenvalue weighted by atomic mass is 10.2. The number of hydrogen-bond donors (Lipinski definition) is 1. The van der Waals surface area contributed by atoms with Gasteiger partial charge in [-0.25, -0.2) is 4.98 Å². The van der Waals surface area contributed by atoms with Crippen LogP contribution in [0, 0.1) is 6.92 Å². The van der Waals surface area contributed by atoms with Gasteiger partial charge in [-0.05, 0) is 26.0 Å². The molecule has 0 aromatic carbocycles. The predicted molar refractivity (Wildman–Crippen MR) is 67.7 cm³/mol. The smallest absolute Gasteiger partial charge is 0.142 e. The highest BCUT2D eigenvalue weighted by Gasteiger charge is 2.12. The monoisotopic (exact) mass is 253 g/mol. The number of nitrogens with two attached hydrogens (primary N) is 1. The molecular weight excluding hydrogens is 242 g/mol. The Morgan fingerprint density at radius 2 is 2.19 bits per heavy atom. The predicted octanol–water partition coefficient (Wildman–Crippen LogP) is 3.19. The van der Waals surface area contributed by atoms with Crippen molar-refractivity contribution < 1.29 is 0 Å². The summed E-state index contributed by atoms with van der Waals surface area (Å²) in [4.78, 5) is 9.81. The van der Waals surface area contributed by atoms with Crippen LogP contribution in [-0.4, -0.2) is 9.97 Å². The van der Waals surface area contributed by atoms with Gasteiger partial charge in [0, 0.05) is 17.1 Å². The fourth-order valence-electron chi connectivity index (χ4n) is 1.44. The Balaban J connectivity index is 2.41. The van der Waals surface area contributed by atoms with E-state index in [1.54, 1.807) is 17.5 Å². The molecule has 0 bridgehead atoms. The molecule has 2 N–H and O–H groups in total. The Bertz CT molecular complexity index is 490. The molecule has 2 aromatic heterocycles. The third kappa shape index (κ3) is 2.24. The van der Waals surface area contributed by atoms with Crippen LogP contribution in [0.25, 0.3) is 10.7 Å². The van der Waals surface area contributed by atoms with Crippen molar-refractivity contribution in [1.82, 2.24) is 9.97 Å². The van der Waals surface area contributed by atoms with Gasteiger partial charge < -0.3 is 5.73 Å². The van der Waals surface area contributed by atoms with Crippen LogP contribution >= 0.6 is 22.9 Å². The first-order valence-corrected chi connectivity index (χ1v) is 6.12. The largest absolute Gasteiger partial charge is 0.323 e. The van der Waals surface area contributed by atoms with Crippen molar-refractivity contribution in [1.29, 1.82) is 0 Å². The molecule has 1 atom stereocenters. The summed E-state index contributed by atoms with van der Waals surface area (Å²) in [6.45, 7) is 3.92. The van der Waals surface area contributed by atoms with Crippen molar-refractivity contribution in [2.45, 2.75) is 19.9 Å². The second kappa shape index (κ2) is 4.49. The molecule has 0 radical (unpaired) electrons. The van der Waals surface area contributed by atoms with Crippen LogP contribution in [0.3, 0.4) is 0 Å². The summed E-state index contributed by atoms with van der Waals surface area (Å²) in [5.41, 5.74) is 7.67. The minimum absolute atomic E-state index is 0.0125. The molecule has 2 heterocycles. The maximum Gasteiger partial charge on any atom is 0.142 e. The number of pyridine rings is 1. The standard InChI is InChI=1S/C11H12ClN3S/c1-6(13)10-7(2)15-11(16-10)9-4-3-8(12)5-14-9/h3-6H,13H2,1-2H3. The zero-order valence-electron chi connectivity index (χ0n) is 9.07. The molecule has 0 aliphatic heterocycles. The quantitative estimate of drug-likeness (QED) is 0.894. The Labute approximate surface area is 103 Å². The first kappa shape index (κ1) is 11.5. The van der Waals surface area contributed by atoms with Crippen LogP contribution in [0.4, 0.5) is 0 Å². The van der Waals surface area contributed by atoms with Crippen molar-refractivity contribution in [3.8, 4) is 10.7 Å². The number of aromatic nitrogens is 2. The molecule has 2 rings (SSSR count). The fourth-order valence-corrected chi connectivity index (χ4v) is 2.55. The summed E-state index contributed by atoms with van der Waals surface area (Å²) < 4.78 is 0. The van der Waals surface area contributed by atoms with Crippen molar-refractivity contribution in [3.63, 3.8) is 0 Å². The van der Waals surface area contributed by atoms with E-state index in [0.717, 1.165) is 21.3 Å². The molecule has 0 aliphatic carbocycles. The van der Waals surface area contributed by atoms with Gasteiger partial charge in [0.15, 0.2) is 0 Å². The third-order valence-corrected chi connectivity index (χ3v) is 3.80. The second-order valence-corrected chi connectivity index (χ2v) is 5.09. The molecule has 0 aliphatic rings. The fraction of sp³-hybridized carbons (Fsp3) is 0.273. The Morgan fingerprint density at radius 1 is 1.44 bits per heavy atom. The third-order valence-electron chi connectivity index (χ3n) is 2.19. The van der Waals surface area contributed by atoms with E-state index < -0.39 is 0 Å². The van der Waals surface area contributed by atoms with Crippen LogP contribution < -0.4 is 5.73 Å². The minimum atomic E-state index is 0.0125. The van der Waals surface area contributed by atoms with Crippen LogP contribution in [-0.2, 0) is 0 Å². The Kier molecular flexibility index (Phi) is 3.23. The summed E-state index contributed by atoms with van der Waals surface area (Å²) in [5, 5.41) is 1.52. The zero-order valence-corrected chi connectivity index (χ0v) is 10.6. The number of rotatable bonds is 2. The lowest BCUT2D eigenvalue weighted by Crippen LogP contribution is -2.03. The molecular formula is C11H12ClN3S. The van der Waals surface area contributed by atoms with E-state index in [9.17, 15) is 0 Å². The van der Waals surface area contributed by atoms with Crippen molar-refractivity contribution in [3.05, 3.63) is 33.9 Å². The number of thiazole rings is 1. The molecule has 0 amide bonds. The molecule has 0 saturated heterocycles. The summed E-state index contributed by atoms with van der Waals surface area (Å²) in [5.74, 6) is 0. The summed E-state index contributed by atoms with van der Waals surface area (Å²) in [6, 6.07) is 3.69. The van der Waals surface area contributed by atoms with Gasteiger partial charge in [0.2, 0.25) is 0 Å². The van der Waals surface area contributed by atoms with Gasteiger partial charge in [0.25, 0.3) is 0 Å². The van der Waals surface area contributed by atoms with Crippen LogP contribution in [0.2, 0.25) is 5.02 Å². The maximum atomic E-state index is 5.86. The Hall–Kier alpha value is -0.970. The van der Waals surface area contributed by atoms with Crippen LogP contribution in [0.15, 0.2) is 18.3 Å². The van der Waals surface area contributed by atoms with Crippen molar-refractivity contribution in [2.24, 2.45) is 5.73 Å². The number of nitrogens with zero attached hydrogens (tertiary/aromatic N) is 2. The van der Waals surface area contributed by atoms with E-state index >= 15 is 0 Å². The van der Waals surface area contributed by atoms with Gasteiger partial charge in [-0.1, -0.05) is 11.6 Å². The van der Waals surface area contributed by atoms with Crippen LogP contribution in [0.5, 0.6) is 0 Å². The average molecular weight is 254 g/mol. The first-order valence-electron chi connectivity index (χ1n) is 4.92. The van der Waals surface area contributed by atoms with Crippen LogP contribution in [0.1, 0.15) is 23.5 Å². The Morgan fingerprint density at radius 3 is 2.69 bits per heavy atom. The van der Waals surface area contributed by atoms with E-state index in [0.29, 0.717) is 5.02 Å². The van der Waals surface area contributed by atoms with Gasteiger partial charge in [-0.2, -0.15) is 0 Å². The highest BCUT2D eigenvalue weighted by Crippen LogP contribution is 2.29. The molecule has 2 aromatic rings. The summed E-state index contributed by atoms with van der Waals surface area (Å²) in [6.07, 6.45) is 1.62. The summed E-state index contributed by atoms with van der Waals surface area (Å²) in [7, 11) is 0. The van der Waals surface area contributed by atoms with Crippen molar-refractivity contribution >= 4 is 22.9 Å². The molecule has 0 spiro atoms. The molecule has 84 valence electrons. The van der Waals surface area contributed by atoms with Gasteiger partial charge in [0.05, 0.1) is 16.4 Å².